The largest absolute Gasteiger partial charge is 0.416 e. The fourth-order valence-corrected chi connectivity index (χ4v) is 2.37. The van der Waals surface area contributed by atoms with Crippen LogP contribution in [0.2, 0.25) is 5.28 Å². The normalized spacial score (nSPS) is 15.6. The summed E-state index contributed by atoms with van der Waals surface area (Å²) < 4.78 is 40.5. The van der Waals surface area contributed by atoms with Crippen molar-refractivity contribution in [2.75, 3.05) is 0 Å². The molecule has 1 aromatic heterocycles. The zero-order valence-electron chi connectivity index (χ0n) is 10.4. The van der Waals surface area contributed by atoms with Crippen molar-refractivity contribution in [3.63, 3.8) is 0 Å². The van der Waals surface area contributed by atoms with Crippen LogP contribution in [-0.4, -0.2) is 14.8 Å². The summed E-state index contributed by atoms with van der Waals surface area (Å²) in [5.74, 6) is 0.944. The van der Waals surface area contributed by atoms with Gasteiger partial charge in [0.2, 0.25) is 5.28 Å². The lowest BCUT2D eigenvalue weighted by Gasteiger charge is -2.14. The molecule has 1 aliphatic rings. The minimum absolute atomic E-state index is 0.0351. The summed E-state index contributed by atoms with van der Waals surface area (Å²) in [6.07, 6.45) is -2.41. The van der Waals surface area contributed by atoms with Crippen LogP contribution in [0.1, 0.15) is 35.7 Å². The molecule has 1 aromatic carbocycles. The molecule has 1 fully saturated rings. The lowest BCUT2D eigenvalue weighted by atomic mass is 10.1. The average molecular weight is 302 g/mol. The van der Waals surface area contributed by atoms with Crippen LogP contribution in [0.3, 0.4) is 0 Å². The third-order valence-electron chi connectivity index (χ3n) is 3.33. The van der Waals surface area contributed by atoms with Gasteiger partial charge in [-0.2, -0.15) is 13.2 Å². The Labute approximate surface area is 118 Å². The lowest BCUT2D eigenvalue weighted by molar-refractivity contribution is -0.138. The molecule has 1 aliphatic carbocycles. The maximum absolute atomic E-state index is 13.0. The second kappa shape index (κ2) is 4.77. The quantitative estimate of drug-likeness (QED) is 0.861. The first-order valence-electron chi connectivity index (χ1n) is 6.20. The summed E-state index contributed by atoms with van der Waals surface area (Å²) in [5.41, 5.74) is -0.477. The predicted octanol–water partition coefficient (Wildman–Crippen LogP) is 3.88. The Bertz CT molecular complexity index is 632. The number of aromatic nitrogens is 3. The second-order valence-corrected chi connectivity index (χ2v) is 5.18. The van der Waals surface area contributed by atoms with Crippen molar-refractivity contribution in [2.45, 2.75) is 31.5 Å². The van der Waals surface area contributed by atoms with Gasteiger partial charge in [0, 0.05) is 5.92 Å². The van der Waals surface area contributed by atoms with Gasteiger partial charge in [0.15, 0.2) is 0 Å². The molecule has 3 rings (SSSR count). The first kappa shape index (κ1) is 13.4. The van der Waals surface area contributed by atoms with Crippen LogP contribution in [0, 0.1) is 0 Å². The molecule has 7 heteroatoms. The van der Waals surface area contributed by atoms with E-state index in [9.17, 15) is 13.2 Å². The summed E-state index contributed by atoms with van der Waals surface area (Å²) in [6.45, 7) is 0.0351. The van der Waals surface area contributed by atoms with Crippen molar-refractivity contribution in [1.29, 1.82) is 0 Å². The molecule has 106 valence electrons. The van der Waals surface area contributed by atoms with Crippen molar-refractivity contribution in [3.05, 3.63) is 46.5 Å². The molecule has 2 aromatic rings. The van der Waals surface area contributed by atoms with Gasteiger partial charge < -0.3 is 0 Å². The van der Waals surface area contributed by atoms with Gasteiger partial charge in [-0.3, -0.25) is 4.57 Å². The van der Waals surface area contributed by atoms with Gasteiger partial charge in [0.1, 0.15) is 5.82 Å². The SMILES string of the molecule is FC(F)(F)c1ccccc1Cn1c(Cl)nnc1C1CC1. The molecular weight excluding hydrogens is 291 g/mol. The number of hydrogen-bond donors (Lipinski definition) is 0. The van der Waals surface area contributed by atoms with Crippen LogP contribution in [0.25, 0.3) is 0 Å². The summed E-state index contributed by atoms with van der Waals surface area (Å²) >= 11 is 5.94. The van der Waals surface area contributed by atoms with E-state index >= 15 is 0 Å². The monoisotopic (exact) mass is 301 g/mol. The van der Waals surface area contributed by atoms with Gasteiger partial charge >= 0.3 is 6.18 Å². The van der Waals surface area contributed by atoms with Crippen LogP contribution < -0.4 is 0 Å². The Hall–Kier alpha value is -1.56. The fourth-order valence-electron chi connectivity index (χ4n) is 2.19. The molecule has 0 N–H and O–H groups in total. The van der Waals surface area contributed by atoms with Gasteiger partial charge in [-0.15, -0.1) is 10.2 Å². The summed E-state index contributed by atoms with van der Waals surface area (Å²) in [6, 6.07) is 5.49. The van der Waals surface area contributed by atoms with Crippen LogP contribution in [0.5, 0.6) is 0 Å². The Morgan fingerprint density at radius 1 is 1.20 bits per heavy atom. The highest BCUT2D eigenvalue weighted by Gasteiger charge is 2.34. The number of alkyl halides is 3. The van der Waals surface area contributed by atoms with E-state index in [1.54, 1.807) is 10.6 Å². The maximum atomic E-state index is 13.0. The molecule has 3 nitrogen and oxygen atoms in total. The summed E-state index contributed by atoms with van der Waals surface area (Å²) in [5, 5.41) is 7.86. The third-order valence-corrected chi connectivity index (χ3v) is 3.61. The van der Waals surface area contributed by atoms with E-state index in [1.807, 2.05) is 0 Å². The topological polar surface area (TPSA) is 30.7 Å². The van der Waals surface area contributed by atoms with E-state index in [-0.39, 0.29) is 23.3 Å². The molecule has 0 unspecified atom stereocenters. The number of halogens is 4. The highest BCUT2D eigenvalue weighted by atomic mass is 35.5. The molecule has 1 heterocycles. The molecule has 1 saturated carbocycles. The zero-order chi connectivity index (χ0) is 14.3. The highest BCUT2D eigenvalue weighted by Crippen LogP contribution is 2.40. The Morgan fingerprint density at radius 2 is 1.90 bits per heavy atom. The number of nitrogens with zero attached hydrogens (tertiary/aromatic N) is 3. The van der Waals surface area contributed by atoms with Gasteiger partial charge in [-0.05, 0) is 36.1 Å². The van der Waals surface area contributed by atoms with Gasteiger partial charge in [-0.1, -0.05) is 18.2 Å². The van der Waals surface area contributed by atoms with Crippen LogP contribution in [0.15, 0.2) is 24.3 Å². The Balaban J connectivity index is 1.98. The summed E-state index contributed by atoms with van der Waals surface area (Å²) in [4.78, 5) is 0. The van der Waals surface area contributed by atoms with Crippen LogP contribution in [0.4, 0.5) is 13.2 Å². The zero-order valence-corrected chi connectivity index (χ0v) is 11.1. The molecule has 0 atom stereocenters. The maximum Gasteiger partial charge on any atom is 0.416 e. The smallest absolute Gasteiger partial charge is 0.297 e. The molecular formula is C13H11ClF3N3. The van der Waals surface area contributed by atoms with Crippen molar-refractivity contribution < 1.29 is 13.2 Å². The molecule has 0 radical (unpaired) electrons. The molecule has 20 heavy (non-hydrogen) atoms. The molecule has 0 spiro atoms. The molecule has 0 saturated heterocycles. The minimum Gasteiger partial charge on any atom is -0.297 e. The molecule has 0 bridgehead atoms. The van der Waals surface area contributed by atoms with E-state index in [2.05, 4.69) is 10.2 Å². The predicted molar refractivity (Wildman–Crippen MR) is 67.6 cm³/mol. The van der Waals surface area contributed by atoms with Gasteiger partial charge in [0.25, 0.3) is 0 Å². The number of benzene rings is 1. The van der Waals surface area contributed by atoms with E-state index < -0.39 is 11.7 Å². The van der Waals surface area contributed by atoms with Crippen molar-refractivity contribution in [2.24, 2.45) is 0 Å². The summed E-state index contributed by atoms with van der Waals surface area (Å²) in [7, 11) is 0. The minimum atomic E-state index is -4.38. The standard InChI is InChI=1S/C13H11ClF3N3/c14-12-19-18-11(8-5-6-8)20(12)7-9-3-1-2-4-10(9)13(15,16)17/h1-4,8H,5-7H2. The lowest BCUT2D eigenvalue weighted by Crippen LogP contribution is -2.13. The number of rotatable bonds is 3. The van der Waals surface area contributed by atoms with Crippen LogP contribution in [-0.2, 0) is 12.7 Å². The second-order valence-electron chi connectivity index (χ2n) is 4.84. The number of hydrogen-bond acceptors (Lipinski definition) is 2. The van der Waals surface area contributed by atoms with Gasteiger partial charge in [0.05, 0.1) is 12.1 Å². The van der Waals surface area contributed by atoms with Crippen molar-refractivity contribution >= 4 is 11.6 Å². The third kappa shape index (κ3) is 2.52. The van der Waals surface area contributed by atoms with Gasteiger partial charge in [-0.25, -0.2) is 0 Å². The molecule has 0 amide bonds. The molecule has 0 aliphatic heterocycles. The van der Waals surface area contributed by atoms with E-state index in [0.29, 0.717) is 5.82 Å². The average Bonchev–Trinajstić information content (AvgIpc) is 3.16. The van der Waals surface area contributed by atoms with Crippen LogP contribution >= 0.6 is 11.6 Å². The van der Waals surface area contributed by atoms with E-state index in [0.717, 1.165) is 18.9 Å². The Kier molecular flexibility index (Phi) is 3.20. The Morgan fingerprint density at radius 3 is 2.55 bits per heavy atom. The first-order valence-corrected chi connectivity index (χ1v) is 6.58. The first-order chi connectivity index (χ1) is 9.47. The van der Waals surface area contributed by atoms with Crippen molar-refractivity contribution in [1.82, 2.24) is 14.8 Å². The van der Waals surface area contributed by atoms with Crippen molar-refractivity contribution in [3.8, 4) is 0 Å². The highest BCUT2D eigenvalue weighted by molar-refractivity contribution is 6.28. The van der Waals surface area contributed by atoms with E-state index in [1.165, 1.54) is 12.1 Å². The fraction of sp³-hybridized carbons (Fsp3) is 0.385. The van der Waals surface area contributed by atoms with E-state index in [4.69, 9.17) is 11.6 Å².